The van der Waals surface area contributed by atoms with Crippen LogP contribution in [0, 0.1) is 46.3 Å². The molecule has 11 atom stereocenters. The summed E-state index contributed by atoms with van der Waals surface area (Å²) in [5.74, 6) is 2.05. The van der Waals surface area contributed by atoms with E-state index in [0.717, 1.165) is 17.7 Å². The minimum Gasteiger partial charge on any atom is -0.490 e. The molecular weight excluding hydrogens is 502 g/mol. The first-order valence-corrected chi connectivity index (χ1v) is 15.0. The first kappa shape index (κ1) is 27.7. The van der Waals surface area contributed by atoms with Crippen molar-refractivity contribution in [3.05, 3.63) is 54.1 Å². The van der Waals surface area contributed by atoms with Crippen LogP contribution in [0.5, 0.6) is 5.75 Å². The van der Waals surface area contributed by atoms with Gasteiger partial charge in [0, 0.05) is 36.7 Å². The number of methoxy groups -OCH3 is 1. The van der Waals surface area contributed by atoms with Gasteiger partial charge in [-0.1, -0.05) is 57.6 Å². The summed E-state index contributed by atoms with van der Waals surface area (Å²) in [6.45, 7) is 15.7. The summed E-state index contributed by atoms with van der Waals surface area (Å²) in [5, 5.41) is 3.01. The number of hydrogen-bond donors (Lipinski definition) is 1. The number of nitrogens with one attached hydrogen (secondary N) is 1. The summed E-state index contributed by atoms with van der Waals surface area (Å²) in [6.07, 6.45) is 6.47. The van der Waals surface area contributed by atoms with Crippen LogP contribution in [0.15, 0.2) is 48.6 Å². The molecule has 6 aliphatic rings. The number of amides is 1. The van der Waals surface area contributed by atoms with Gasteiger partial charge in [-0.2, -0.15) is 0 Å². The minimum absolute atomic E-state index is 0.00927. The first-order valence-electron chi connectivity index (χ1n) is 15.0. The summed E-state index contributed by atoms with van der Waals surface area (Å²) in [6, 6.07) is 8.19. The van der Waals surface area contributed by atoms with Gasteiger partial charge in [0.2, 0.25) is 5.91 Å². The molecule has 6 nitrogen and oxygen atoms in total. The van der Waals surface area contributed by atoms with Crippen molar-refractivity contribution in [1.82, 2.24) is 5.32 Å². The van der Waals surface area contributed by atoms with Gasteiger partial charge < -0.3 is 19.5 Å². The molecule has 6 heteroatoms. The molecule has 2 saturated carbocycles. The van der Waals surface area contributed by atoms with Crippen molar-refractivity contribution in [2.24, 2.45) is 46.3 Å². The lowest BCUT2D eigenvalue weighted by atomic mass is 9.54. The summed E-state index contributed by atoms with van der Waals surface area (Å²) in [7, 11) is 1.59. The molecule has 1 amide bonds. The molecule has 0 aromatic heterocycles. The number of carbonyl (C=O) groups is 2. The molecule has 40 heavy (non-hydrogen) atoms. The van der Waals surface area contributed by atoms with Crippen LogP contribution >= 0.6 is 0 Å². The molecule has 1 aromatic rings. The average Bonchev–Trinajstić information content (AvgIpc) is 3.34. The maximum absolute atomic E-state index is 14.5. The molecule has 1 N–H and O–H groups in total. The van der Waals surface area contributed by atoms with Crippen LogP contribution < -0.4 is 10.1 Å². The molecular formula is C34H45NO5. The van der Waals surface area contributed by atoms with Gasteiger partial charge in [-0.15, -0.1) is 6.58 Å². The summed E-state index contributed by atoms with van der Waals surface area (Å²) in [4.78, 5) is 27.1. The highest BCUT2D eigenvalue weighted by atomic mass is 16.6. The molecule has 216 valence electrons. The lowest BCUT2D eigenvalue weighted by molar-refractivity contribution is -0.150. The molecule has 3 aliphatic carbocycles. The number of Topliss-reactive ketones (excluding diaryl/α,β-unsaturated/α-hetero) is 1. The quantitative estimate of drug-likeness (QED) is 0.495. The Morgan fingerprint density at radius 1 is 1.12 bits per heavy atom. The van der Waals surface area contributed by atoms with Crippen molar-refractivity contribution in [2.75, 3.05) is 13.7 Å². The number of ketones is 1. The Morgan fingerprint density at radius 3 is 2.52 bits per heavy atom. The Balaban J connectivity index is 1.51. The fourth-order valence-electron chi connectivity index (χ4n) is 10.2. The monoisotopic (exact) mass is 547 g/mol. The number of carbonyl (C=O) groups excluding carboxylic acids is 2. The number of rotatable bonds is 2. The second kappa shape index (κ2) is 9.55. The fraction of sp³-hybridized carbons (Fsp3) is 0.647. The van der Waals surface area contributed by atoms with Gasteiger partial charge in [-0.25, -0.2) is 0 Å². The lowest BCUT2D eigenvalue weighted by Gasteiger charge is -2.50. The van der Waals surface area contributed by atoms with Crippen LogP contribution in [-0.4, -0.2) is 43.3 Å². The number of fused-ring (bicyclic) bond motifs is 6. The molecule has 1 saturated heterocycles. The Hall–Kier alpha value is -2.44. The SMILES string of the molecule is C=CC1(C)C=C(C)C2C3C(Oc4ccc(cc4)CC4(OC)NC(=O)CC4OCC(=O)C31)C1C(C)CC(C)CC21C. The summed E-state index contributed by atoms with van der Waals surface area (Å²) >= 11 is 0. The summed E-state index contributed by atoms with van der Waals surface area (Å²) in [5.41, 5.74) is 0.819. The zero-order valence-electron chi connectivity index (χ0n) is 24.9. The van der Waals surface area contributed by atoms with E-state index in [1.165, 1.54) is 12.0 Å². The van der Waals surface area contributed by atoms with E-state index in [1.54, 1.807) is 7.11 Å². The molecule has 3 fully saturated rings. The van der Waals surface area contributed by atoms with E-state index in [1.807, 2.05) is 18.2 Å². The Bertz CT molecular complexity index is 1240. The molecule has 3 aliphatic heterocycles. The standard InChI is InChI=1S/C34H45NO5/c1-8-32(5)16-21(4)28-27-30(32)24(36)18-39-25-14-26(37)35-34(25,38-7)17-22-9-11-23(12-10-22)40-31(27)29-20(3)13-19(2)15-33(28,29)6/h8-12,16,19-20,25,27-31H,1,13-15,17-18H2,2-7H3,(H,35,37). The predicted octanol–water partition coefficient (Wildman–Crippen LogP) is 5.51. The van der Waals surface area contributed by atoms with E-state index in [-0.39, 0.29) is 54.0 Å². The van der Waals surface area contributed by atoms with Crippen molar-refractivity contribution in [1.29, 1.82) is 0 Å². The number of hydrogen-bond acceptors (Lipinski definition) is 5. The van der Waals surface area contributed by atoms with Crippen molar-refractivity contribution < 1.29 is 23.8 Å². The zero-order valence-corrected chi connectivity index (χ0v) is 24.9. The van der Waals surface area contributed by atoms with E-state index in [2.05, 4.69) is 64.7 Å². The highest BCUT2D eigenvalue weighted by molar-refractivity contribution is 5.85. The van der Waals surface area contributed by atoms with Crippen LogP contribution in [0.4, 0.5) is 0 Å². The molecule has 3 heterocycles. The maximum Gasteiger partial charge on any atom is 0.225 e. The highest BCUT2D eigenvalue weighted by Gasteiger charge is 2.67. The Kier molecular flexibility index (Phi) is 6.62. The van der Waals surface area contributed by atoms with E-state index in [0.29, 0.717) is 24.2 Å². The highest BCUT2D eigenvalue weighted by Crippen LogP contribution is 2.68. The normalized spacial score (nSPS) is 46.3. The second-order valence-corrected chi connectivity index (χ2v) is 14.1. The zero-order chi connectivity index (χ0) is 28.6. The molecule has 11 unspecified atom stereocenters. The smallest absolute Gasteiger partial charge is 0.225 e. The summed E-state index contributed by atoms with van der Waals surface area (Å²) < 4.78 is 19.3. The fourth-order valence-corrected chi connectivity index (χ4v) is 10.2. The Morgan fingerprint density at radius 2 is 1.85 bits per heavy atom. The van der Waals surface area contributed by atoms with Crippen LogP contribution in [0.25, 0.3) is 0 Å². The third-order valence-corrected chi connectivity index (χ3v) is 11.3. The van der Waals surface area contributed by atoms with Gasteiger partial charge in [0.25, 0.3) is 0 Å². The lowest BCUT2D eigenvalue weighted by Crippen LogP contribution is -2.54. The van der Waals surface area contributed by atoms with Crippen LogP contribution in [-0.2, 0) is 25.5 Å². The average molecular weight is 548 g/mol. The largest absolute Gasteiger partial charge is 0.490 e. The number of ether oxygens (including phenoxy) is 3. The van der Waals surface area contributed by atoms with E-state index in [4.69, 9.17) is 14.2 Å². The topological polar surface area (TPSA) is 73.9 Å². The molecule has 2 bridgehead atoms. The number of benzene rings is 1. The molecule has 0 radical (unpaired) electrons. The minimum atomic E-state index is -1.03. The van der Waals surface area contributed by atoms with Crippen LogP contribution in [0.1, 0.15) is 59.4 Å². The van der Waals surface area contributed by atoms with Crippen LogP contribution in [0.2, 0.25) is 0 Å². The van der Waals surface area contributed by atoms with Gasteiger partial charge >= 0.3 is 0 Å². The van der Waals surface area contributed by atoms with E-state index < -0.39 is 17.2 Å². The second-order valence-electron chi connectivity index (χ2n) is 14.1. The van der Waals surface area contributed by atoms with Gasteiger partial charge in [0.15, 0.2) is 11.5 Å². The molecule has 7 rings (SSSR count). The van der Waals surface area contributed by atoms with E-state index >= 15 is 0 Å². The van der Waals surface area contributed by atoms with Gasteiger partial charge in [-0.3, -0.25) is 9.59 Å². The van der Waals surface area contributed by atoms with Crippen molar-refractivity contribution >= 4 is 11.7 Å². The van der Waals surface area contributed by atoms with Crippen molar-refractivity contribution in [2.45, 2.75) is 78.2 Å². The maximum atomic E-state index is 14.5. The van der Waals surface area contributed by atoms with Crippen LogP contribution in [0.3, 0.4) is 0 Å². The number of allylic oxidation sites excluding steroid dienone is 3. The van der Waals surface area contributed by atoms with Gasteiger partial charge in [0.1, 0.15) is 24.6 Å². The third-order valence-electron chi connectivity index (χ3n) is 11.3. The molecule has 1 aromatic carbocycles. The predicted molar refractivity (Wildman–Crippen MR) is 153 cm³/mol. The molecule has 0 spiro atoms. The van der Waals surface area contributed by atoms with Gasteiger partial charge in [0.05, 0.1) is 6.42 Å². The van der Waals surface area contributed by atoms with Crippen molar-refractivity contribution in [3.8, 4) is 5.75 Å². The van der Waals surface area contributed by atoms with E-state index in [9.17, 15) is 9.59 Å². The third kappa shape index (κ3) is 4.04. The Labute approximate surface area is 238 Å². The van der Waals surface area contributed by atoms with Crippen molar-refractivity contribution in [3.63, 3.8) is 0 Å². The first-order chi connectivity index (χ1) is 18.9. The van der Waals surface area contributed by atoms with Gasteiger partial charge in [-0.05, 0) is 60.6 Å².